The zero-order chi connectivity index (χ0) is 15.7. The topological polar surface area (TPSA) is 73.5 Å². The van der Waals surface area contributed by atoms with Crippen LogP contribution in [0.5, 0.6) is 5.75 Å². The van der Waals surface area contributed by atoms with E-state index in [0.29, 0.717) is 26.3 Å². The molecule has 1 fully saturated rings. The number of ether oxygens (including phenoxy) is 2. The van der Waals surface area contributed by atoms with Gasteiger partial charge in [-0.25, -0.2) is 9.13 Å². The first-order valence-corrected chi connectivity index (χ1v) is 7.65. The number of aliphatic hydroxyl groups excluding tert-OH is 1. The minimum atomic E-state index is -0.204. The quantitative estimate of drug-likeness (QED) is 0.759. The number of imidazole rings is 1. The maximum atomic E-state index is 9.74. The van der Waals surface area contributed by atoms with Crippen molar-refractivity contribution in [3.63, 3.8) is 0 Å². The molecule has 0 spiro atoms. The monoisotopic (exact) mass is 306 g/mol. The number of nitrogens with zero attached hydrogens (tertiary/aromatic N) is 2. The highest BCUT2D eigenvalue weighted by atomic mass is 16.5. The molecule has 120 valence electrons. The second-order valence-corrected chi connectivity index (χ2v) is 5.96. The molecule has 0 unspecified atom stereocenters. The number of methoxy groups -OCH3 is 1. The number of hydrogen-bond acceptors (Lipinski definition) is 4. The highest BCUT2D eigenvalue weighted by Crippen LogP contribution is 2.31. The molecule has 3 rings (SSSR count). The summed E-state index contributed by atoms with van der Waals surface area (Å²) in [5.41, 5.74) is 8.03. The number of fused-ring (bicyclic) bond motifs is 1. The molecule has 0 amide bonds. The molecular formula is C16H24N3O3+. The normalized spacial score (nSPS) is 16.7. The maximum Gasteiger partial charge on any atom is 0.271 e. The van der Waals surface area contributed by atoms with E-state index in [2.05, 4.69) is 22.1 Å². The minimum absolute atomic E-state index is 0.118. The van der Waals surface area contributed by atoms with Gasteiger partial charge in [0.15, 0.2) is 11.0 Å². The number of benzene rings is 1. The smallest absolute Gasteiger partial charge is 0.271 e. The average molecular weight is 306 g/mol. The summed E-state index contributed by atoms with van der Waals surface area (Å²) in [6.45, 7) is 5.41. The number of aromatic nitrogens is 2. The van der Waals surface area contributed by atoms with Gasteiger partial charge in [0.2, 0.25) is 0 Å². The Bertz CT molecular complexity index is 671. The van der Waals surface area contributed by atoms with Crippen molar-refractivity contribution >= 4 is 11.0 Å². The van der Waals surface area contributed by atoms with E-state index in [1.54, 1.807) is 7.11 Å². The Hall–Kier alpha value is -1.63. The van der Waals surface area contributed by atoms with Gasteiger partial charge >= 0.3 is 0 Å². The predicted molar refractivity (Wildman–Crippen MR) is 82.6 cm³/mol. The van der Waals surface area contributed by atoms with Crippen LogP contribution in [-0.4, -0.2) is 36.6 Å². The fraction of sp³-hybridized carbons (Fsp3) is 0.562. The molecule has 1 aromatic carbocycles. The Morgan fingerprint density at radius 1 is 1.45 bits per heavy atom. The number of aryl methyl sites for hydroxylation is 1. The number of nitrogens with two attached hydrogens (primary N) is 1. The van der Waals surface area contributed by atoms with E-state index < -0.39 is 0 Å². The summed E-state index contributed by atoms with van der Waals surface area (Å²) < 4.78 is 15.1. The standard InChI is InChI=1S/C16H24N3O3/c1-3-18-13-5-4-12(21-2)6-14(13)19(15(18)7-17)8-16(9-20)10-22-11-16/h4-6,20H,3,7-11,17H2,1-2H3/q+1. The highest BCUT2D eigenvalue weighted by molar-refractivity contribution is 5.74. The van der Waals surface area contributed by atoms with E-state index in [1.165, 1.54) is 0 Å². The Morgan fingerprint density at radius 2 is 2.23 bits per heavy atom. The van der Waals surface area contributed by atoms with Crippen LogP contribution in [0.15, 0.2) is 18.2 Å². The van der Waals surface area contributed by atoms with Gasteiger partial charge in [0.05, 0.1) is 45.4 Å². The second-order valence-electron chi connectivity index (χ2n) is 5.96. The van der Waals surface area contributed by atoms with Crippen LogP contribution in [0.4, 0.5) is 0 Å². The van der Waals surface area contributed by atoms with Crippen LogP contribution in [0.25, 0.3) is 11.0 Å². The summed E-state index contributed by atoms with van der Waals surface area (Å²) in [6.07, 6.45) is 0. The van der Waals surface area contributed by atoms with Gasteiger partial charge in [-0.05, 0) is 19.1 Å². The Kier molecular flexibility index (Phi) is 4.08. The number of hydrogen-bond donors (Lipinski definition) is 2. The SMILES string of the molecule is CC[n+]1c(CN)n(CC2(CO)COC2)c2cc(OC)ccc21. The minimum Gasteiger partial charge on any atom is -0.497 e. The van der Waals surface area contributed by atoms with E-state index in [-0.39, 0.29) is 12.0 Å². The summed E-state index contributed by atoms with van der Waals surface area (Å²) in [4.78, 5) is 0. The lowest BCUT2D eigenvalue weighted by atomic mass is 9.87. The number of aliphatic hydroxyl groups is 1. The largest absolute Gasteiger partial charge is 0.497 e. The lowest BCUT2D eigenvalue weighted by Gasteiger charge is -2.38. The van der Waals surface area contributed by atoms with E-state index in [9.17, 15) is 5.11 Å². The second kappa shape index (κ2) is 5.87. The molecular weight excluding hydrogens is 282 g/mol. The van der Waals surface area contributed by atoms with Gasteiger partial charge in [-0.2, -0.15) is 0 Å². The van der Waals surface area contributed by atoms with E-state index >= 15 is 0 Å². The Labute approximate surface area is 130 Å². The van der Waals surface area contributed by atoms with E-state index in [4.69, 9.17) is 15.2 Å². The third-order valence-electron chi connectivity index (χ3n) is 4.53. The van der Waals surface area contributed by atoms with Gasteiger partial charge in [0, 0.05) is 6.07 Å². The molecule has 0 saturated carbocycles. The molecule has 2 heterocycles. The van der Waals surface area contributed by atoms with Crippen molar-refractivity contribution in [3.8, 4) is 5.75 Å². The van der Waals surface area contributed by atoms with Gasteiger partial charge in [-0.15, -0.1) is 0 Å². The third-order valence-corrected chi connectivity index (χ3v) is 4.53. The summed E-state index contributed by atoms with van der Waals surface area (Å²) in [5.74, 6) is 1.88. The van der Waals surface area contributed by atoms with Gasteiger partial charge in [0.1, 0.15) is 12.3 Å². The van der Waals surface area contributed by atoms with Crippen LogP contribution in [0.3, 0.4) is 0 Å². The van der Waals surface area contributed by atoms with E-state index in [1.807, 2.05) is 12.1 Å². The Balaban J connectivity index is 2.16. The first kappa shape index (κ1) is 15.3. The molecule has 6 heteroatoms. The summed E-state index contributed by atoms with van der Waals surface area (Å²) in [7, 11) is 1.67. The van der Waals surface area contributed by atoms with Crippen LogP contribution in [0.2, 0.25) is 0 Å². The van der Waals surface area contributed by atoms with Crippen molar-refractivity contribution in [2.45, 2.75) is 26.6 Å². The van der Waals surface area contributed by atoms with E-state index in [0.717, 1.165) is 29.2 Å². The molecule has 0 aliphatic carbocycles. The van der Waals surface area contributed by atoms with Crippen LogP contribution < -0.4 is 15.0 Å². The van der Waals surface area contributed by atoms with Crippen molar-refractivity contribution in [2.24, 2.45) is 11.1 Å². The molecule has 1 saturated heterocycles. The summed E-state index contributed by atoms with van der Waals surface area (Å²) >= 11 is 0. The first-order valence-electron chi connectivity index (χ1n) is 7.65. The fourth-order valence-corrected chi connectivity index (χ4v) is 3.21. The van der Waals surface area contributed by atoms with Crippen LogP contribution in [0, 0.1) is 5.41 Å². The van der Waals surface area contributed by atoms with Crippen molar-refractivity contribution in [2.75, 3.05) is 26.9 Å². The van der Waals surface area contributed by atoms with Gasteiger partial charge in [-0.3, -0.25) is 0 Å². The fourth-order valence-electron chi connectivity index (χ4n) is 3.21. The molecule has 3 N–H and O–H groups in total. The van der Waals surface area contributed by atoms with Crippen molar-refractivity contribution in [1.82, 2.24) is 4.57 Å². The van der Waals surface area contributed by atoms with Crippen molar-refractivity contribution < 1.29 is 19.1 Å². The lowest BCUT2D eigenvalue weighted by molar-refractivity contribution is -0.676. The van der Waals surface area contributed by atoms with Crippen LogP contribution in [-0.2, 0) is 24.4 Å². The zero-order valence-corrected chi connectivity index (χ0v) is 13.2. The predicted octanol–water partition coefficient (Wildman–Crippen LogP) is 0.425. The molecule has 6 nitrogen and oxygen atoms in total. The average Bonchev–Trinajstić information content (AvgIpc) is 2.82. The Morgan fingerprint density at radius 3 is 2.73 bits per heavy atom. The van der Waals surface area contributed by atoms with Gasteiger partial charge in [0.25, 0.3) is 5.82 Å². The van der Waals surface area contributed by atoms with Crippen LogP contribution in [0.1, 0.15) is 12.7 Å². The highest BCUT2D eigenvalue weighted by Gasteiger charge is 2.42. The third kappa shape index (κ3) is 2.27. The van der Waals surface area contributed by atoms with Crippen molar-refractivity contribution in [1.29, 1.82) is 0 Å². The summed E-state index contributed by atoms with van der Waals surface area (Å²) in [6, 6.07) is 6.06. The summed E-state index contributed by atoms with van der Waals surface area (Å²) in [5, 5.41) is 9.74. The maximum absolute atomic E-state index is 9.74. The molecule has 0 bridgehead atoms. The molecule has 2 aromatic rings. The van der Waals surface area contributed by atoms with Gasteiger partial charge in [-0.1, -0.05) is 0 Å². The molecule has 0 atom stereocenters. The zero-order valence-electron chi connectivity index (χ0n) is 13.2. The molecule has 1 aliphatic rings. The first-order chi connectivity index (χ1) is 10.7. The van der Waals surface area contributed by atoms with Gasteiger partial charge < -0.3 is 20.3 Å². The van der Waals surface area contributed by atoms with Crippen molar-refractivity contribution in [3.05, 3.63) is 24.0 Å². The van der Waals surface area contributed by atoms with Crippen LogP contribution >= 0.6 is 0 Å². The molecule has 1 aromatic heterocycles. The molecule has 1 aliphatic heterocycles. The lowest BCUT2D eigenvalue weighted by Crippen LogP contribution is -2.49. The number of rotatable bonds is 6. The molecule has 0 radical (unpaired) electrons. The molecule has 22 heavy (non-hydrogen) atoms.